The number of nitrogens with zero attached hydrogens (tertiary/aromatic N) is 4. The molecule has 172 valence electrons. The van der Waals surface area contributed by atoms with Crippen LogP contribution in [0.15, 0.2) is 40.9 Å². The number of aryl methyl sites for hydroxylation is 1. The number of aromatic nitrogens is 3. The zero-order valence-electron chi connectivity index (χ0n) is 17.4. The maximum Gasteiger partial charge on any atom is 0.433 e. The van der Waals surface area contributed by atoms with Crippen LogP contribution in [0.3, 0.4) is 0 Å². The van der Waals surface area contributed by atoms with E-state index in [9.17, 15) is 23.2 Å². The Morgan fingerprint density at radius 1 is 1.18 bits per heavy atom. The molecule has 5 rings (SSSR count). The number of hydrogen-bond acceptors (Lipinski definition) is 5. The van der Waals surface area contributed by atoms with Crippen LogP contribution in [0.1, 0.15) is 45.0 Å². The molecule has 3 aromatic heterocycles. The van der Waals surface area contributed by atoms with Crippen LogP contribution >= 0.6 is 27.3 Å². The second-order valence-electron chi connectivity index (χ2n) is 7.81. The molecule has 6 nitrogen and oxygen atoms in total. The lowest BCUT2D eigenvalue weighted by atomic mass is 9.96. The molecule has 0 saturated carbocycles. The van der Waals surface area contributed by atoms with Gasteiger partial charge in [0.05, 0.1) is 11.3 Å². The zero-order chi connectivity index (χ0) is 24.0. The molecule has 0 radical (unpaired) electrons. The fourth-order valence-electron chi connectivity index (χ4n) is 4.00. The Morgan fingerprint density at radius 3 is 2.62 bits per heavy atom. The third-order valence-electron chi connectivity index (χ3n) is 5.60. The highest BCUT2D eigenvalue weighted by molar-refractivity contribution is 9.10. The molecule has 1 aliphatic rings. The summed E-state index contributed by atoms with van der Waals surface area (Å²) in [5.74, 6) is -0.695. The van der Waals surface area contributed by atoms with Crippen LogP contribution in [0.4, 0.5) is 18.2 Å². The minimum Gasteiger partial charge on any atom is -0.311 e. The first kappa shape index (κ1) is 22.6. The molecule has 1 aliphatic carbocycles. The highest BCUT2D eigenvalue weighted by Crippen LogP contribution is 2.38. The Bertz CT molecular complexity index is 1470. The van der Waals surface area contributed by atoms with Gasteiger partial charge in [0.15, 0.2) is 17.0 Å². The van der Waals surface area contributed by atoms with Gasteiger partial charge in [-0.25, -0.2) is 9.50 Å². The minimum atomic E-state index is -4.72. The molecule has 1 amide bonds. The number of carbonyl (C=O) groups is 1. The van der Waals surface area contributed by atoms with Crippen LogP contribution in [0.5, 0.6) is 0 Å². The predicted molar refractivity (Wildman–Crippen MR) is 125 cm³/mol. The number of fused-ring (bicyclic) bond motifs is 2. The summed E-state index contributed by atoms with van der Waals surface area (Å²) in [7, 11) is 0. The van der Waals surface area contributed by atoms with Crippen molar-refractivity contribution in [2.45, 2.75) is 31.9 Å². The topological polar surface area (TPSA) is 83.1 Å². The molecule has 0 saturated heterocycles. The van der Waals surface area contributed by atoms with E-state index in [0.717, 1.165) is 46.7 Å². The molecule has 0 spiro atoms. The number of anilines is 1. The molecule has 4 aromatic rings. The van der Waals surface area contributed by atoms with E-state index >= 15 is 0 Å². The van der Waals surface area contributed by atoms with E-state index in [1.165, 1.54) is 17.4 Å². The molecule has 1 N–H and O–H groups in total. The number of amides is 1. The quantitative estimate of drug-likeness (QED) is 0.330. The van der Waals surface area contributed by atoms with Gasteiger partial charge in [0.25, 0.3) is 5.91 Å². The number of alkyl halides is 3. The summed E-state index contributed by atoms with van der Waals surface area (Å²) >= 11 is 4.64. The number of halogens is 4. The van der Waals surface area contributed by atoms with Gasteiger partial charge in [-0.2, -0.15) is 23.5 Å². The summed E-state index contributed by atoms with van der Waals surface area (Å²) in [5.41, 5.74) is 0.597. The first-order chi connectivity index (χ1) is 16.2. The van der Waals surface area contributed by atoms with E-state index < -0.39 is 17.8 Å². The summed E-state index contributed by atoms with van der Waals surface area (Å²) in [6.07, 6.45) is -1.10. The van der Waals surface area contributed by atoms with Crippen LogP contribution in [-0.2, 0) is 19.0 Å². The standard InChI is InChI=1S/C23H15BrF3N5OS/c24-13-7-5-12(6-8-13)16-9-19(23(25,26)27)32-20(29-16)10-17(31-32)21(33)30-22-15(11-28)14-3-1-2-4-18(14)34-22/h5-10H,1-4H2,(H,30,33). The number of nitrogens with one attached hydrogen (secondary N) is 1. The zero-order valence-corrected chi connectivity index (χ0v) is 19.8. The molecular weight excluding hydrogens is 531 g/mol. The van der Waals surface area contributed by atoms with Gasteiger partial charge in [-0.15, -0.1) is 11.3 Å². The highest BCUT2D eigenvalue weighted by Gasteiger charge is 2.36. The molecule has 11 heteroatoms. The Balaban J connectivity index is 1.55. The van der Waals surface area contributed by atoms with Crippen LogP contribution in [-0.4, -0.2) is 20.5 Å². The highest BCUT2D eigenvalue weighted by atomic mass is 79.9. The molecule has 1 aromatic carbocycles. The summed E-state index contributed by atoms with van der Waals surface area (Å²) in [6.45, 7) is 0. The smallest absolute Gasteiger partial charge is 0.311 e. The van der Waals surface area contributed by atoms with Gasteiger partial charge < -0.3 is 5.32 Å². The van der Waals surface area contributed by atoms with Gasteiger partial charge in [0, 0.05) is 21.0 Å². The summed E-state index contributed by atoms with van der Waals surface area (Å²) in [5, 5.41) is 16.6. The van der Waals surface area contributed by atoms with Crippen molar-refractivity contribution < 1.29 is 18.0 Å². The van der Waals surface area contributed by atoms with E-state index in [0.29, 0.717) is 20.6 Å². The monoisotopic (exact) mass is 545 g/mol. The third-order valence-corrected chi connectivity index (χ3v) is 7.34. The lowest BCUT2D eigenvalue weighted by molar-refractivity contribution is -0.142. The molecule has 34 heavy (non-hydrogen) atoms. The van der Waals surface area contributed by atoms with E-state index in [2.05, 4.69) is 37.4 Å². The maximum atomic E-state index is 13.8. The van der Waals surface area contributed by atoms with Crippen LogP contribution in [0.2, 0.25) is 0 Å². The fourth-order valence-corrected chi connectivity index (χ4v) is 5.49. The van der Waals surface area contributed by atoms with Crippen molar-refractivity contribution in [2.75, 3.05) is 5.32 Å². The van der Waals surface area contributed by atoms with Crippen molar-refractivity contribution >= 4 is 43.8 Å². The second kappa shape index (κ2) is 8.52. The normalized spacial score (nSPS) is 13.5. The fraction of sp³-hybridized carbons (Fsp3) is 0.217. The molecule has 0 fully saturated rings. The van der Waals surface area contributed by atoms with Gasteiger partial charge in [0.2, 0.25) is 0 Å². The number of hydrogen-bond donors (Lipinski definition) is 1. The Kier molecular flexibility index (Phi) is 5.65. The first-order valence-corrected chi connectivity index (χ1v) is 12.0. The van der Waals surface area contributed by atoms with Gasteiger partial charge >= 0.3 is 6.18 Å². The number of nitriles is 1. The third kappa shape index (κ3) is 4.08. The number of thiophene rings is 1. The van der Waals surface area contributed by atoms with E-state index in [4.69, 9.17) is 0 Å². The van der Waals surface area contributed by atoms with Crippen LogP contribution in [0.25, 0.3) is 16.9 Å². The van der Waals surface area contributed by atoms with Gasteiger partial charge in [0.1, 0.15) is 11.1 Å². The van der Waals surface area contributed by atoms with Gasteiger partial charge in [-0.05, 0) is 49.4 Å². The SMILES string of the molecule is N#Cc1c(NC(=O)c2cc3nc(-c4ccc(Br)cc4)cc(C(F)(F)F)n3n2)sc2c1CCCC2. The number of benzene rings is 1. The number of rotatable bonds is 3. The van der Waals surface area contributed by atoms with Crippen LogP contribution in [0, 0.1) is 11.3 Å². The summed E-state index contributed by atoms with van der Waals surface area (Å²) in [6, 6.07) is 11.0. The first-order valence-electron chi connectivity index (χ1n) is 10.3. The van der Waals surface area contributed by atoms with Crippen molar-refractivity contribution in [1.82, 2.24) is 14.6 Å². The molecule has 3 heterocycles. The van der Waals surface area contributed by atoms with E-state index in [1.54, 1.807) is 24.3 Å². The van der Waals surface area contributed by atoms with Gasteiger partial charge in [-0.1, -0.05) is 28.1 Å². The number of carbonyl (C=O) groups excluding carboxylic acids is 1. The molecule has 0 aliphatic heterocycles. The van der Waals surface area contributed by atoms with Crippen molar-refractivity contribution in [3.05, 3.63) is 68.3 Å². The van der Waals surface area contributed by atoms with Crippen LogP contribution < -0.4 is 5.32 Å². The van der Waals surface area contributed by atoms with Gasteiger partial charge in [-0.3, -0.25) is 4.79 Å². The van der Waals surface area contributed by atoms with Crippen molar-refractivity contribution in [1.29, 1.82) is 5.26 Å². The molecule has 0 bridgehead atoms. The van der Waals surface area contributed by atoms with Crippen molar-refractivity contribution in [3.63, 3.8) is 0 Å². The Labute approximate surface area is 204 Å². The van der Waals surface area contributed by atoms with E-state index in [1.807, 2.05) is 0 Å². The summed E-state index contributed by atoms with van der Waals surface area (Å²) in [4.78, 5) is 18.3. The van der Waals surface area contributed by atoms with Crippen molar-refractivity contribution in [3.8, 4) is 17.3 Å². The Morgan fingerprint density at radius 2 is 1.91 bits per heavy atom. The average molecular weight is 546 g/mol. The lowest BCUT2D eigenvalue weighted by Crippen LogP contribution is -2.15. The average Bonchev–Trinajstić information content (AvgIpc) is 3.39. The largest absolute Gasteiger partial charge is 0.433 e. The summed E-state index contributed by atoms with van der Waals surface area (Å²) < 4.78 is 42.9. The van der Waals surface area contributed by atoms with E-state index in [-0.39, 0.29) is 17.0 Å². The second-order valence-corrected chi connectivity index (χ2v) is 9.83. The maximum absolute atomic E-state index is 13.8. The predicted octanol–water partition coefficient (Wildman–Crippen LogP) is 6.24. The molecule has 0 unspecified atom stereocenters. The lowest BCUT2D eigenvalue weighted by Gasteiger charge is -2.11. The Hall–Kier alpha value is -3.23. The molecular formula is C23H15BrF3N5OS. The van der Waals surface area contributed by atoms with Crippen molar-refractivity contribution in [2.24, 2.45) is 0 Å². The molecule has 0 atom stereocenters. The minimum absolute atomic E-state index is 0.108.